The molecule has 0 aliphatic heterocycles. The molecule has 1 heterocycles. The van der Waals surface area contributed by atoms with E-state index in [0.717, 1.165) is 10.4 Å². The third-order valence-electron chi connectivity index (χ3n) is 3.45. The molecule has 7 heteroatoms. The number of anilines is 1. The molecule has 1 amide bonds. The lowest BCUT2D eigenvalue weighted by Gasteiger charge is -2.08. The summed E-state index contributed by atoms with van der Waals surface area (Å²) in [7, 11) is 1.32. The fourth-order valence-corrected chi connectivity index (χ4v) is 3.32. The van der Waals surface area contributed by atoms with Crippen molar-refractivity contribution in [1.29, 1.82) is 0 Å². The molecule has 128 valence electrons. The Labute approximate surface area is 149 Å². The van der Waals surface area contributed by atoms with E-state index in [1.54, 1.807) is 24.3 Å². The monoisotopic (exact) mass is 367 g/mol. The molecule has 2 aromatic rings. The van der Waals surface area contributed by atoms with E-state index in [1.165, 1.54) is 18.4 Å². The van der Waals surface area contributed by atoms with Crippen molar-refractivity contribution in [1.82, 2.24) is 0 Å². The number of para-hydroxylation sites is 1. The minimum atomic E-state index is -0.459. The molecule has 0 atom stereocenters. The second-order valence-electron chi connectivity index (χ2n) is 5.06. The Morgan fingerprint density at radius 1 is 1.25 bits per heavy atom. The zero-order chi connectivity index (χ0) is 17.7. The maximum absolute atomic E-state index is 12.1. The van der Waals surface area contributed by atoms with Crippen LogP contribution >= 0.6 is 22.9 Å². The molecule has 0 bridgehead atoms. The molecule has 1 aromatic heterocycles. The molecular weight excluding hydrogens is 350 g/mol. The van der Waals surface area contributed by atoms with E-state index in [2.05, 4.69) is 5.32 Å². The van der Waals surface area contributed by atoms with Gasteiger partial charge in [0, 0.05) is 4.88 Å². The molecule has 0 spiro atoms. The summed E-state index contributed by atoms with van der Waals surface area (Å²) in [5.74, 6) is -0.169. The van der Waals surface area contributed by atoms with Gasteiger partial charge in [0.1, 0.15) is 10.8 Å². The van der Waals surface area contributed by atoms with Crippen molar-refractivity contribution in [2.75, 3.05) is 19.0 Å². The SMILES string of the molecule is COC(=O)c1c(NC(=O)CCOc2ccccc2Cl)sc(C)c1C. The highest BCUT2D eigenvalue weighted by Crippen LogP contribution is 2.33. The normalized spacial score (nSPS) is 10.3. The number of hydrogen-bond donors (Lipinski definition) is 1. The van der Waals surface area contributed by atoms with E-state index < -0.39 is 5.97 Å². The van der Waals surface area contributed by atoms with Crippen LogP contribution in [0.4, 0.5) is 5.00 Å². The van der Waals surface area contributed by atoms with Crippen molar-refractivity contribution in [2.24, 2.45) is 0 Å². The van der Waals surface area contributed by atoms with Crippen LogP contribution in [0.25, 0.3) is 0 Å². The minimum Gasteiger partial charge on any atom is -0.491 e. The summed E-state index contributed by atoms with van der Waals surface area (Å²) in [6.45, 7) is 3.91. The zero-order valence-corrected chi connectivity index (χ0v) is 15.2. The van der Waals surface area contributed by atoms with Crippen molar-refractivity contribution in [3.05, 3.63) is 45.3 Å². The van der Waals surface area contributed by atoms with Gasteiger partial charge in [-0.05, 0) is 31.5 Å². The Balaban J connectivity index is 1.97. The summed E-state index contributed by atoms with van der Waals surface area (Å²) >= 11 is 7.34. The van der Waals surface area contributed by atoms with Crippen LogP contribution in [0.15, 0.2) is 24.3 Å². The quantitative estimate of drug-likeness (QED) is 0.776. The van der Waals surface area contributed by atoms with E-state index in [1.807, 2.05) is 13.8 Å². The number of carbonyl (C=O) groups excluding carboxylic acids is 2. The van der Waals surface area contributed by atoms with Gasteiger partial charge < -0.3 is 14.8 Å². The van der Waals surface area contributed by atoms with Crippen molar-refractivity contribution in [3.8, 4) is 5.75 Å². The maximum atomic E-state index is 12.1. The predicted molar refractivity (Wildman–Crippen MR) is 95.3 cm³/mol. The third kappa shape index (κ3) is 4.27. The molecule has 0 saturated heterocycles. The highest BCUT2D eigenvalue weighted by atomic mass is 35.5. The molecule has 0 radical (unpaired) electrons. The zero-order valence-electron chi connectivity index (χ0n) is 13.6. The number of thiophene rings is 1. The third-order valence-corrected chi connectivity index (χ3v) is 4.89. The van der Waals surface area contributed by atoms with Gasteiger partial charge in [-0.15, -0.1) is 11.3 Å². The Morgan fingerprint density at radius 3 is 2.62 bits per heavy atom. The number of amides is 1. The number of hydrogen-bond acceptors (Lipinski definition) is 5. The first-order valence-corrected chi connectivity index (χ1v) is 8.49. The van der Waals surface area contributed by atoms with E-state index in [-0.39, 0.29) is 18.9 Å². The number of carbonyl (C=O) groups is 2. The molecule has 0 aliphatic carbocycles. The van der Waals surface area contributed by atoms with Crippen LogP contribution in [0.3, 0.4) is 0 Å². The average molecular weight is 368 g/mol. The summed E-state index contributed by atoms with van der Waals surface area (Å²) in [5.41, 5.74) is 1.22. The highest BCUT2D eigenvalue weighted by Gasteiger charge is 2.21. The van der Waals surface area contributed by atoms with Crippen LogP contribution in [-0.2, 0) is 9.53 Å². The number of aryl methyl sites for hydroxylation is 1. The van der Waals surface area contributed by atoms with Crippen molar-refractivity contribution >= 4 is 39.8 Å². The van der Waals surface area contributed by atoms with Gasteiger partial charge in [-0.1, -0.05) is 23.7 Å². The Kier molecular flexibility index (Phi) is 6.23. The smallest absolute Gasteiger partial charge is 0.341 e. The van der Waals surface area contributed by atoms with E-state index in [0.29, 0.717) is 21.3 Å². The largest absolute Gasteiger partial charge is 0.491 e. The van der Waals surface area contributed by atoms with Crippen LogP contribution in [0, 0.1) is 13.8 Å². The van der Waals surface area contributed by atoms with Crippen molar-refractivity contribution < 1.29 is 19.1 Å². The molecule has 0 saturated carbocycles. The number of ether oxygens (including phenoxy) is 2. The number of esters is 1. The Bertz CT molecular complexity index is 757. The van der Waals surface area contributed by atoms with Crippen molar-refractivity contribution in [3.63, 3.8) is 0 Å². The Morgan fingerprint density at radius 2 is 1.96 bits per heavy atom. The van der Waals surface area contributed by atoms with Gasteiger partial charge in [-0.2, -0.15) is 0 Å². The predicted octanol–water partition coefficient (Wildman–Crippen LogP) is 4.21. The summed E-state index contributed by atoms with van der Waals surface area (Å²) in [6, 6.07) is 7.07. The first kappa shape index (κ1) is 18.3. The Hall–Kier alpha value is -2.05. The summed E-state index contributed by atoms with van der Waals surface area (Å²) in [4.78, 5) is 24.9. The van der Waals surface area contributed by atoms with E-state index in [9.17, 15) is 9.59 Å². The van der Waals surface area contributed by atoms with Crippen LogP contribution in [0.5, 0.6) is 5.75 Å². The van der Waals surface area contributed by atoms with Crippen LogP contribution in [-0.4, -0.2) is 25.6 Å². The van der Waals surface area contributed by atoms with Crippen LogP contribution in [0.1, 0.15) is 27.2 Å². The average Bonchev–Trinajstić information content (AvgIpc) is 2.82. The van der Waals surface area contributed by atoms with E-state index in [4.69, 9.17) is 21.1 Å². The molecule has 1 aromatic carbocycles. The lowest BCUT2D eigenvalue weighted by molar-refractivity contribution is -0.116. The molecule has 0 aliphatic rings. The summed E-state index contributed by atoms with van der Waals surface area (Å²) in [5, 5.41) is 3.75. The molecular formula is C17H18ClNO4S. The van der Waals surface area contributed by atoms with Crippen LogP contribution < -0.4 is 10.1 Å². The summed E-state index contributed by atoms with van der Waals surface area (Å²) < 4.78 is 10.3. The van der Waals surface area contributed by atoms with E-state index >= 15 is 0 Å². The summed E-state index contributed by atoms with van der Waals surface area (Å²) in [6.07, 6.45) is 0.141. The molecule has 1 N–H and O–H groups in total. The number of benzene rings is 1. The maximum Gasteiger partial charge on any atom is 0.341 e. The lowest BCUT2D eigenvalue weighted by atomic mass is 10.1. The first-order chi connectivity index (χ1) is 11.4. The van der Waals surface area contributed by atoms with Gasteiger partial charge in [0.05, 0.1) is 30.7 Å². The van der Waals surface area contributed by atoms with Gasteiger partial charge in [0.15, 0.2) is 0 Å². The van der Waals surface area contributed by atoms with Crippen LogP contribution in [0.2, 0.25) is 5.02 Å². The second kappa shape index (κ2) is 8.17. The van der Waals surface area contributed by atoms with Gasteiger partial charge in [0.25, 0.3) is 0 Å². The minimum absolute atomic E-state index is 0.141. The standard InChI is InChI=1S/C17H18ClNO4S/c1-10-11(2)24-16(15(10)17(21)22-3)19-14(20)8-9-23-13-7-5-4-6-12(13)18/h4-7H,8-9H2,1-3H3,(H,19,20). The molecule has 0 unspecified atom stereocenters. The highest BCUT2D eigenvalue weighted by molar-refractivity contribution is 7.16. The molecule has 0 fully saturated rings. The fraction of sp³-hybridized carbons (Fsp3) is 0.294. The molecule has 24 heavy (non-hydrogen) atoms. The number of methoxy groups -OCH3 is 1. The molecule has 5 nitrogen and oxygen atoms in total. The van der Waals surface area contributed by atoms with Gasteiger partial charge in [-0.25, -0.2) is 4.79 Å². The number of halogens is 1. The topological polar surface area (TPSA) is 64.6 Å². The van der Waals surface area contributed by atoms with Crippen molar-refractivity contribution in [2.45, 2.75) is 20.3 Å². The van der Waals surface area contributed by atoms with Gasteiger partial charge in [0.2, 0.25) is 5.91 Å². The first-order valence-electron chi connectivity index (χ1n) is 7.29. The number of rotatable bonds is 6. The molecule has 2 rings (SSSR count). The fourth-order valence-electron chi connectivity index (χ4n) is 2.07. The lowest BCUT2D eigenvalue weighted by Crippen LogP contribution is -2.16. The number of nitrogens with one attached hydrogen (secondary N) is 1. The van der Waals surface area contributed by atoms with Gasteiger partial charge in [-0.3, -0.25) is 4.79 Å². The second-order valence-corrected chi connectivity index (χ2v) is 6.69. The van der Waals surface area contributed by atoms with Gasteiger partial charge >= 0.3 is 5.97 Å².